The average molecular weight is 264 g/mol. The van der Waals surface area contributed by atoms with Crippen molar-refractivity contribution in [2.24, 2.45) is 0 Å². The molecule has 0 aliphatic heterocycles. The van der Waals surface area contributed by atoms with E-state index in [0.29, 0.717) is 12.7 Å². The van der Waals surface area contributed by atoms with Gasteiger partial charge in [0.05, 0.1) is 24.1 Å². The molecule has 0 bridgehead atoms. The predicted molar refractivity (Wildman–Crippen MR) is 80.0 cm³/mol. The van der Waals surface area contributed by atoms with Gasteiger partial charge in [-0.15, -0.1) is 0 Å². The fourth-order valence-electron chi connectivity index (χ4n) is 2.06. The van der Waals surface area contributed by atoms with Crippen molar-refractivity contribution >= 4 is 0 Å². The van der Waals surface area contributed by atoms with Gasteiger partial charge in [-0.1, -0.05) is 38.7 Å². The highest BCUT2D eigenvalue weighted by Gasteiger charge is 2.04. The quantitative estimate of drug-likeness (QED) is 0.655. The van der Waals surface area contributed by atoms with Crippen LogP contribution in [0, 0.1) is 0 Å². The van der Waals surface area contributed by atoms with E-state index in [-0.39, 0.29) is 0 Å². The Bertz CT molecular complexity index is 341. The van der Waals surface area contributed by atoms with Crippen molar-refractivity contribution in [3.63, 3.8) is 0 Å². The van der Waals surface area contributed by atoms with Gasteiger partial charge in [-0.25, -0.2) is 0 Å². The van der Waals surface area contributed by atoms with Crippen molar-refractivity contribution in [1.82, 2.24) is 10.3 Å². The number of nitrogens with one attached hydrogen (secondary N) is 1. The first-order valence-electron chi connectivity index (χ1n) is 7.47. The second-order valence-corrected chi connectivity index (χ2v) is 5.12. The monoisotopic (exact) mass is 264 g/mol. The third kappa shape index (κ3) is 7.28. The molecule has 0 spiro atoms. The standard InChI is InChI=1S/C16H28N2O/c1-4-5-6-7-9-14(2)19-13-16-11-8-10-15(18-16)12-17-3/h8,10-11,14,17H,4-7,9,12-13H2,1-3H3. The summed E-state index contributed by atoms with van der Waals surface area (Å²) in [5, 5.41) is 3.11. The predicted octanol–water partition coefficient (Wildman–Crippen LogP) is 3.68. The molecule has 0 aliphatic rings. The van der Waals surface area contributed by atoms with Gasteiger partial charge >= 0.3 is 0 Å². The zero-order valence-electron chi connectivity index (χ0n) is 12.6. The van der Waals surface area contributed by atoms with Gasteiger partial charge in [-0.3, -0.25) is 4.98 Å². The van der Waals surface area contributed by atoms with Gasteiger partial charge in [0.15, 0.2) is 0 Å². The lowest BCUT2D eigenvalue weighted by Gasteiger charge is -2.13. The first-order valence-corrected chi connectivity index (χ1v) is 7.47. The average Bonchev–Trinajstić information content (AvgIpc) is 2.42. The van der Waals surface area contributed by atoms with Crippen LogP contribution in [0.15, 0.2) is 18.2 Å². The van der Waals surface area contributed by atoms with Gasteiger partial charge in [0, 0.05) is 6.54 Å². The Labute approximate surface area is 117 Å². The second-order valence-electron chi connectivity index (χ2n) is 5.12. The topological polar surface area (TPSA) is 34.1 Å². The Kier molecular flexibility index (Phi) is 8.43. The third-order valence-electron chi connectivity index (χ3n) is 3.20. The largest absolute Gasteiger partial charge is 0.372 e. The van der Waals surface area contributed by atoms with Crippen LogP contribution < -0.4 is 5.32 Å². The molecule has 1 aromatic rings. The lowest BCUT2D eigenvalue weighted by molar-refractivity contribution is 0.0439. The Morgan fingerprint density at radius 2 is 2.00 bits per heavy atom. The van der Waals surface area contributed by atoms with Crippen LogP contribution >= 0.6 is 0 Å². The summed E-state index contributed by atoms with van der Waals surface area (Å²) in [6.07, 6.45) is 6.68. The van der Waals surface area contributed by atoms with Crippen LogP contribution in [0.5, 0.6) is 0 Å². The highest BCUT2D eigenvalue weighted by atomic mass is 16.5. The minimum absolute atomic E-state index is 0.326. The summed E-state index contributed by atoms with van der Waals surface area (Å²) in [5.74, 6) is 0. The number of hydrogen-bond donors (Lipinski definition) is 1. The van der Waals surface area contributed by atoms with E-state index in [9.17, 15) is 0 Å². The molecule has 1 heterocycles. The van der Waals surface area contributed by atoms with E-state index in [1.807, 2.05) is 25.2 Å². The number of nitrogens with zero attached hydrogens (tertiary/aromatic N) is 1. The fraction of sp³-hybridized carbons (Fsp3) is 0.688. The molecule has 1 unspecified atom stereocenters. The first kappa shape index (κ1) is 16.1. The van der Waals surface area contributed by atoms with Crippen molar-refractivity contribution in [1.29, 1.82) is 0 Å². The molecule has 19 heavy (non-hydrogen) atoms. The molecule has 0 aromatic carbocycles. The Balaban J connectivity index is 2.25. The number of unbranched alkanes of at least 4 members (excludes halogenated alkanes) is 3. The summed E-state index contributed by atoms with van der Waals surface area (Å²) in [7, 11) is 1.93. The molecule has 1 atom stereocenters. The summed E-state index contributed by atoms with van der Waals surface area (Å²) in [6, 6.07) is 6.11. The number of ether oxygens (including phenoxy) is 1. The van der Waals surface area contributed by atoms with Crippen molar-refractivity contribution < 1.29 is 4.74 Å². The summed E-state index contributed by atoms with van der Waals surface area (Å²) in [6.45, 7) is 5.82. The molecule has 1 N–H and O–H groups in total. The van der Waals surface area contributed by atoms with Gasteiger partial charge in [0.1, 0.15) is 0 Å². The molecular weight excluding hydrogens is 236 g/mol. The van der Waals surface area contributed by atoms with Crippen LogP contribution in [0.4, 0.5) is 0 Å². The summed E-state index contributed by atoms with van der Waals surface area (Å²) in [5.41, 5.74) is 2.09. The third-order valence-corrected chi connectivity index (χ3v) is 3.20. The smallest absolute Gasteiger partial charge is 0.0891 e. The zero-order chi connectivity index (χ0) is 13.9. The van der Waals surface area contributed by atoms with E-state index in [0.717, 1.165) is 24.4 Å². The van der Waals surface area contributed by atoms with Gasteiger partial charge in [-0.05, 0) is 32.5 Å². The molecule has 1 aromatic heterocycles. The van der Waals surface area contributed by atoms with Crippen molar-refractivity contribution in [3.8, 4) is 0 Å². The fourth-order valence-corrected chi connectivity index (χ4v) is 2.06. The van der Waals surface area contributed by atoms with Gasteiger partial charge in [-0.2, -0.15) is 0 Å². The molecule has 3 heteroatoms. The number of rotatable bonds is 10. The van der Waals surface area contributed by atoms with Gasteiger partial charge < -0.3 is 10.1 Å². The van der Waals surface area contributed by atoms with Crippen molar-refractivity contribution in [3.05, 3.63) is 29.6 Å². The number of hydrogen-bond acceptors (Lipinski definition) is 3. The van der Waals surface area contributed by atoms with E-state index in [1.165, 1.54) is 25.7 Å². The summed E-state index contributed by atoms with van der Waals surface area (Å²) < 4.78 is 5.86. The molecule has 0 aliphatic carbocycles. The molecular formula is C16H28N2O. The molecule has 1 rings (SSSR count). The van der Waals surface area contributed by atoms with Crippen LogP contribution in [0.3, 0.4) is 0 Å². The highest BCUT2D eigenvalue weighted by molar-refractivity contribution is 5.10. The normalized spacial score (nSPS) is 12.6. The van der Waals surface area contributed by atoms with E-state index in [2.05, 4.69) is 24.1 Å². The second kappa shape index (κ2) is 9.93. The molecule has 0 radical (unpaired) electrons. The minimum Gasteiger partial charge on any atom is -0.372 e. The maximum Gasteiger partial charge on any atom is 0.0891 e. The Morgan fingerprint density at radius 1 is 1.21 bits per heavy atom. The van der Waals surface area contributed by atoms with E-state index in [1.54, 1.807) is 0 Å². The minimum atomic E-state index is 0.326. The van der Waals surface area contributed by atoms with Crippen LogP contribution in [0.2, 0.25) is 0 Å². The molecule has 0 amide bonds. The van der Waals surface area contributed by atoms with Crippen LogP contribution in [-0.2, 0) is 17.9 Å². The van der Waals surface area contributed by atoms with E-state index < -0.39 is 0 Å². The van der Waals surface area contributed by atoms with E-state index >= 15 is 0 Å². The maximum absolute atomic E-state index is 5.86. The number of pyridine rings is 1. The zero-order valence-corrected chi connectivity index (χ0v) is 12.6. The van der Waals surface area contributed by atoms with Gasteiger partial charge in [0.25, 0.3) is 0 Å². The Hall–Kier alpha value is -0.930. The molecule has 0 saturated heterocycles. The number of aromatic nitrogens is 1. The van der Waals surface area contributed by atoms with Crippen molar-refractivity contribution in [2.75, 3.05) is 7.05 Å². The van der Waals surface area contributed by atoms with Crippen LogP contribution in [0.1, 0.15) is 57.3 Å². The van der Waals surface area contributed by atoms with Gasteiger partial charge in [0.2, 0.25) is 0 Å². The maximum atomic E-state index is 5.86. The molecule has 3 nitrogen and oxygen atoms in total. The molecule has 0 saturated carbocycles. The summed E-state index contributed by atoms with van der Waals surface area (Å²) in [4.78, 5) is 4.56. The lowest BCUT2D eigenvalue weighted by Crippen LogP contribution is -2.11. The molecule has 0 fully saturated rings. The highest BCUT2D eigenvalue weighted by Crippen LogP contribution is 2.10. The molecule has 108 valence electrons. The Morgan fingerprint density at radius 3 is 2.74 bits per heavy atom. The first-order chi connectivity index (χ1) is 9.26. The van der Waals surface area contributed by atoms with Crippen LogP contribution in [0.25, 0.3) is 0 Å². The van der Waals surface area contributed by atoms with Crippen LogP contribution in [-0.4, -0.2) is 18.1 Å². The van der Waals surface area contributed by atoms with E-state index in [4.69, 9.17) is 4.74 Å². The SMILES string of the molecule is CCCCCCC(C)OCc1cccc(CNC)n1. The lowest BCUT2D eigenvalue weighted by atomic mass is 10.1. The summed E-state index contributed by atoms with van der Waals surface area (Å²) >= 11 is 0. The van der Waals surface area contributed by atoms with Crippen molar-refractivity contribution in [2.45, 2.75) is 65.2 Å².